The lowest BCUT2D eigenvalue weighted by molar-refractivity contribution is -0.470. The number of carbonyl (C=O) groups is 1. The van der Waals surface area contributed by atoms with Crippen LogP contribution >= 0.6 is 23.2 Å². The van der Waals surface area contributed by atoms with Gasteiger partial charge in [0.1, 0.15) is 10.8 Å². The van der Waals surface area contributed by atoms with E-state index in [1.54, 1.807) is 0 Å². The summed E-state index contributed by atoms with van der Waals surface area (Å²) in [5.74, 6) is -3.76. The molecule has 0 N–H and O–H groups in total. The lowest BCUT2D eigenvalue weighted by atomic mass is 10.00. The van der Waals surface area contributed by atoms with E-state index in [-0.39, 0.29) is 57.8 Å². The van der Waals surface area contributed by atoms with Gasteiger partial charge in [-0.3, -0.25) is 4.79 Å². The fourth-order valence-electron chi connectivity index (χ4n) is 3.54. The summed E-state index contributed by atoms with van der Waals surface area (Å²) < 4.78 is 65.8. The van der Waals surface area contributed by atoms with Crippen LogP contribution in [0.15, 0.2) is 34.0 Å². The molecule has 0 aromatic heterocycles. The standard InChI is InChI=1S/C18H14Cl2F2NO7S/c19-11-6-23(25)7-12(20)10(11)5-13(24)9-1-2-14(28-17(21)22)16-15(9)29-18(30-16)3-4-31(26,27)8-18/h1-2,6,17H,3-5,7-8H2/q+1. The zero-order chi connectivity index (χ0) is 22.6. The number of nitroso groups, excluding NO2 is 1. The Morgan fingerprint density at radius 3 is 2.58 bits per heavy atom. The minimum Gasteiger partial charge on any atom is -0.446 e. The van der Waals surface area contributed by atoms with E-state index in [4.69, 9.17) is 32.7 Å². The second-order valence-electron chi connectivity index (χ2n) is 7.14. The Labute approximate surface area is 184 Å². The molecule has 0 amide bonds. The van der Waals surface area contributed by atoms with Gasteiger partial charge in [0.25, 0.3) is 5.79 Å². The molecule has 3 aliphatic rings. The number of ether oxygens (including phenoxy) is 3. The molecule has 0 aliphatic carbocycles. The van der Waals surface area contributed by atoms with Crippen LogP contribution in [-0.2, 0) is 9.84 Å². The first-order valence-corrected chi connectivity index (χ1v) is 11.5. The monoisotopic (exact) mass is 496 g/mol. The van der Waals surface area contributed by atoms with E-state index in [1.807, 2.05) is 0 Å². The summed E-state index contributed by atoms with van der Waals surface area (Å²) in [4.78, 5) is 24.4. The highest BCUT2D eigenvalue weighted by Crippen LogP contribution is 2.51. The third-order valence-corrected chi connectivity index (χ3v) is 7.29. The number of hydrogen-bond donors (Lipinski definition) is 0. The number of allylic oxidation sites excluding steroid dienone is 2. The summed E-state index contributed by atoms with van der Waals surface area (Å²) in [5, 5.41) is 0.0742. The van der Waals surface area contributed by atoms with Crippen LogP contribution in [0.5, 0.6) is 17.2 Å². The molecule has 1 saturated heterocycles. The molecule has 3 heterocycles. The number of carbonyl (C=O) groups excluding carboxylic acids is 1. The first-order chi connectivity index (χ1) is 14.5. The number of alkyl halides is 2. The number of nitrogens with zero attached hydrogens (tertiary/aromatic N) is 1. The Balaban J connectivity index is 1.70. The van der Waals surface area contributed by atoms with Crippen molar-refractivity contribution in [2.24, 2.45) is 0 Å². The van der Waals surface area contributed by atoms with Gasteiger partial charge in [0.15, 0.2) is 27.1 Å². The van der Waals surface area contributed by atoms with Gasteiger partial charge >= 0.3 is 6.61 Å². The average molecular weight is 497 g/mol. The smallest absolute Gasteiger partial charge is 0.387 e. The molecule has 1 atom stereocenters. The third kappa shape index (κ3) is 4.26. The SMILES string of the molecule is O=C(CC1=C(Cl)C[N+](=O)C=C1Cl)c1ccc(OC(F)F)c2c1OC1(CCS(=O)(=O)C1)O2. The van der Waals surface area contributed by atoms with E-state index in [1.165, 1.54) is 6.07 Å². The number of hydrogen-bond acceptors (Lipinski definition) is 7. The molecule has 1 fully saturated rings. The van der Waals surface area contributed by atoms with Crippen LogP contribution in [0.1, 0.15) is 23.2 Å². The largest absolute Gasteiger partial charge is 0.446 e. The predicted octanol–water partition coefficient (Wildman–Crippen LogP) is 3.51. The van der Waals surface area contributed by atoms with Gasteiger partial charge in [-0.05, 0) is 12.1 Å². The normalized spacial score (nSPS) is 24.2. The van der Waals surface area contributed by atoms with E-state index < -0.39 is 39.5 Å². The zero-order valence-electron chi connectivity index (χ0n) is 15.6. The maximum absolute atomic E-state index is 13.0. The van der Waals surface area contributed by atoms with Crippen molar-refractivity contribution in [1.29, 1.82) is 0 Å². The van der Waals surface area contributed by atoms with Crippen LogP contribution in [0, 0.1) is 4.91 Å². The predicted molar refractivity (Wildman–Crippen MR) is 105 cm³/mol. The van der Waals surface area contributed by atoms with Crippen LogP contribution in [0.25, 0.3) is 0 Å². The molecule has 1 aromatic rings. The summed E-state index contributed by atoms with van der Waals surface area (Å²) in [5.41, 5.74) is 0.183. The van der Waals surface area contributed by atoms with Gasteiger partial charge in [-0.2, -0.15) is 8.78 Å². The maximum Gasteiger partial charge on any atom is 0.387 e. The van der Waals surface area contributed by atoms with Crippen molar-refractivity contribution in [2.75, 3.05) is 18.1 Å². The van der Waals surface area contributed by atoms with Crippen LogP contribution in [0.3, 0.4) is 0 Å². The molecule has 1 aromatic carbocycles. The zero-order valence-corrected chi connectivity index (χ0v) is 17.9. The molecule has 166 valence electrons. The summed E-state index contributed by atoms with van der Waals surface area (Å²) in [6, 6.07) is 2.32. The molecule has 3 aliphatic heterocycles. The van der Waals surface area contributed by atoms with Gasteiger partial charge in [0.05, 0.1) is 16.3 Å². The second kappa shape index (κ2) is 7.72. The van der Waals surface area contributed by atoms with Crippen molar-refractivity contribution in [3.8, 4) is 17.2 Å². The summed E-state index contributed by atoms with van der Waals surface area (Å²) in [6.45, 7) is -3.36. The van der Waals surface area contributed by atoms with Crippen LogP contribution in [0.4, 0.5) is 8.78 Å². The first kappa shape index (κ1) is 22.0. The number of sulfone groups is 1. The van der Waals surface area contributed by atoms with Crippen LogP contribution in [0.2, 0.25) is 0 Å². The highest BCUT2D eigenvalue weighted by molar-refractivity contribution is 7.91. The topological polar surface area (TPSA) is 99.0 Å². The molecule has 4 rings (SSSR count). The number of rotatable bonds is 5. The van der Waals surface area contributed by atoms with Crippen molar-refractivity contribution in [3.05, 3.63) is 44.4 Å². The summed E-state index contributed by atoms with van der Waals surface area (Å²) >= 11 is 12.1. The lowest BCUT2D eigenvalue weighted by Gasteiger charge is -2.20. The Kier molecular flexibility index (Phi) is 5.47. The lowest BCUT2D eigenvalue weighted by Crippen LogP contribution is -2.39. The van der Waals surface area contributed by atoms with Gasteiger partial charge in [0, 0.05) is 28.1 Å². The molecular weight excluding hydrogens is 483 g/mol. The number of fused-ring (bicyclic) bond motifs is 1. The number of benzene rings is 1. The molecule has 13 heteroatoms. The minimum absolute atomic E-state index is 0.00979. The quantitative estimate of drug-likeness (QED) is 0.454. The Morgan fingerprint density at radius 1 is 1.26 bits per heavy atom. The van der Waals surface area contributed by atoms with Crippen molar-refractivity contribution in [1.82, 2.24) is 0 Å². The molecule has 8 nitrogen and oxygen atoms in total. The number of Topliss-reactive ketones (excluding diaryl/α,β-unsaturated/α-hetero) is 1. The maximum atomic E-state index is 13.0. The molecule has 0 saturated carbocycles. The second-order valence-corrected chi connectivity index (χ2v) is 10.2. The number of ketones is 1. The van der Waals surface area contributed by atoms with Crippen molar-refractivity contribution < 1.29 is 41.0 Å². The van der Waals surface area contributed by atoms with Crippen LogP contribution < -0.4 is 14.2 Å². The Hall–Kier alpha value is -2.24. The fourth-order valence-corrected chi connectivity index (χ4v) is 5.87. The summed E-state index contributed by atoms with van der Waals surface area (Å²) in [6.07, 6.45) is 0.729. The molecular formula is C18H14Cl2F2NO7S+. The van der Waals surface area contributed by atoms with E-state index in [2.05, 4.69) is 4.74 Å². The average Bonchev–Trinajstić information content (AvgIpc) is 3.16. The number of halogens is 4. The third-order valence-electron chi connectivity index (χ3n) is 4.91. The Morgan fingerprint density at radius 2 is 1.97 bits per heavy atom. The van der Waals surface area contributed by atoms with Crippen molar-refractivity contribution in [2.45, 2.75) is 25.2 Å². The van der Waals surface area contributed by atoms with Gasteiger partial charge in [-0.15, -0.1) is 0 Å². The van der Waals surface area contributed by atoms with E-state index in [0.717, 1.165) is 12.3 Å². The van der Waals surface area contributed by atoms with E-state index in [0.29, 0.717) is 4.76 Å². The van der Waals surface area contributed by atoms with Gasteiger partial charge in [-0.25, -0.2) is 8.42 Å². The van der Waals surface area contributed by atoms with Gasteiger partial charge < -0.3 is 14.2 Å². The van der Waals surface area contributed by atoms with Crippen LogP contribution in [-0.4, -0.2) is 49.4 Å². The van der Waals surface area contributed by atoms with E-state index in [9.17, 15) is 26.9 Å². The minimum atomic E-state index is -3.48. The molecule has 1 unspecified atom stereocenters. The van der Waals surface area contributed by atoms with Gasteiger partial charge in [0.2, 0.25) is 18.5 Å². The van der Waals surface area contributed by atoms with E-state index >= 15 is 0 Å². The Bertz CT molecular complexity index is 1170. The molecule has 31 heavy (non-hydrogen) atoms. The highest BCUT2D eigenvalue weighted by atomic mass is 35.5. The van der Waals surface area contributed by atoms with Crippen molar-refractivity contribution in [3.63, 3.8) is 0 Å². The molecule has 0 bridgehead atoms. The highest BCUT2D eigenvalue weighted by Gasteiger charge is 2.53. The fraction of sp³-hybridized carbons (Fsp3) is 0.389. The first-order valence-electron chi connectivity index (χ1n) is 8.91. The van der Waals surface area contributed by atoms with Gasteiger partial charge in [-0.1, -0.05) is 23.2 Å². The molecule has 0 radical (unpaired) electrons. The van der Waals surface area contributed by atoms with Crippen molar-refractivity contribution >= 4 is 38.8 Å². The summed E-state index contributed by atoms with van der Waals surface area (Å²) in [7, 11) is -3.48. The molecule has 1 spiro atoms.